The van der Waals surface area contributed by atoms with Gasteiger partial charge < -0.3 is 14.4 Å². The van der Waals surface area contributed by atoms with Crippen molar-refractivity contribution in [3.63, 3.8) is 0 Å². The highest BCUT2D eigenvalue weighted by Crippen LogP contribution is 2.41. The molecule has 4 fully saturated rings. The Labute approximate surface area is 260 Å². The predicted octanol–water partition coefficient (Wildman–Crippen LogP) is 6.36. The summed E-state index contributed by atoms with van der Waals surface area (Å²) < 4.78 is 56.2. The number of alkyl halides is 2. The molecule has 0 saturated carbocycles. The third kappa shape index (κ3) is 5.44. The number of aromatic nitrogens is 3. The number of hydrogen-bond donors (Lipinski definition) is 0. The first-order valence-corrected chi connectivity index (χ1v) is 15.9. The molecular weight excluding hydrogens is 585 g/mol. The summed E-state index contributed by atoms with van der Waals surface area (Å²) in [6, 6.07) is 5.64. The van der Waals surface area contributed by atoms with E-state index in [2.05, 4.69) is 14.9 Å². The van der Waals surface area contributed by atoms with Crippen molar-refractivity contribution in [2.24, 2.45) is 0 Å². The van der Waals surface area contributed by atoms with E-state index in [1.165, 1.54) is 24.4 Å². The Balaban J connectivity index is 1.27. The van der Waals surface area contributed by atoms with Gasteiger partial charge >= 0.3 is 12.1 Å². The van der Waals surface area contributed by atoms with Crippen LogP contribution < -0.4 is 9.64 Å². The van der Waals surface area contributed by atoms with E-state index in [4.69, 9.17) is 14.5 Å². The molecule has 0 N–H and O–H groups in total. The Morgan fingerprint density at radius 3 is 2.42 bits per heavy atom. The van der Waals surface area contributed by atoms with Crippen LogP contribution in [0.5, 0.6) is 6.01 Å². The highest BCUT2D eigenvalue weighted by molar-refractivity contribution is 5.92. The highest BCUT2D eigenvalue weighted by atomic mass is 19.3. The number of amides is 1. The zero-order valence-corrected chi connectivity index (χ0v) is 25.9. The van der Waals surface area contributed by atoms with Crippen LogP contribution in [-0.4, -0.2) is 86.9 Å². The monoisotopic (exact) mass is 624 g/mol. The first kappa shape index (κ1) is 30.0. The summed E-state index contributed by atoms with van der Waals surface area (Å²) in [5, 5.41) is 0.366. The lowest BCUT2D eigenvalue weighted by Gasteiger charge is -2.42. The Bertz CT molecular complexity index is 1590. The van der Waals surface area contributed by atoms with Gasteiger partial charge in [-0.05, 0) is 72.4 Å². The number of piperazine rings is 1. The van der Waals surface area contributed by atoms with Crippen molar-refractivity contribution < 1.29 is 27.4 Å². The van der Waals surface area contributed by atoms with Crippen LogP contribution in [0, 0.1) is 5.82 Å². The molecule has 2 unspecified atom stereocenters. The molecule has 2 atom stereocenters. The number of carbonyl (C=O) groups is 1. The van der Waals surface area contributed by atoms with E-state index in [0.29, 0.717) is 30.9 Å². The van der Waals surface area contributed by atoms with Crippen LogP contribution in [0.15, 0.2) is 30.5 Å². The number of hydrogen-bond acceptors (Lipinski definition) is 8. The Hall–Kier alpha value is -3.67. The molecule has 6 heterocycles. The SMILES string of the molecule is CC(C)(C)OC(=O)N1C2CCC1CN(c1nc(OCC34CCCN3CCC4)nc3c(F)c(-c4ccccc4C(F)F)ncc13)C2. The molecule has 3 aromatic rings. The molecule has 4 saturated heterocycles. The lowest BCUT2D eigenvalue weighted by molar-refractivity contribution is 0.0122. The maximum atomic E-state index is 16.4. The van der Waals surface area contributed by atoms with Crippen LogP contribution in [0.25, 0.3) is 22.2 Å². The summed E-state index contributed by atoms with van der Waals surface area (Å²) in [4.78, 5) is 33.1. The third-order valence-corrected chi connectivity index (χ3v) is 9.76. The maximum Gasteiger partial charge on any atom is 0.410 e. The average Bonchev–Trinajstić information content (AvgIpc) is 3.66. The second kappa shape index (κ2) is 11.3. The predicted molar refractivity (Wildman–Crippen MR) is 163 cm³/mol. The molecule has 0 spiro atoms. The van der Waals surface area contributed by atoms with Crippen LogP contribution >= 0.6 is 0 Å². The van der Waals surface area contributed by atoms with E-state index in [1.54, 1.807) is 6.07 Å². The largest absolute Gasteiger partial charge is 0.461 e. The molecule has 1 aromatic carbocycles. The third-order valence-electron chi connectivity index (χ3n) is 9.76. The second-order valence-corrected chi connectivity index (χ2v) is 13.8. The van der Waals surface area contributed by atoms with Crippen LogP contribution in [0.4, 0.5) is 23.8 Å². The van der Waals surface area contributed by atoms with Gasteiger partial charge in [0.1, 0.15) is 29.2 Å². The molecule has 4 aliphatic heterocycles. The molecule has 12 heteroatoms. The zero-order chi connectivity index (χ0) is 31.5. The Morgan fingerprint density at radius 1 is 1.07 bits per heavy atom. The minimum atomic E-state index is -2.80. The first-order valence-electron chi connectivity index (χ1n) is 15.9. The quantitative estimate of drug-likeness (QED) is 0.313. The number of anilines is 1. The molecule has 45 heavy (non-hydrogen) atoms. The van der Waals surface area contributed by atoms with Gasteiger partial charge in [0.15, 0.2) is 5.82 Å². The molecule has 1 amide bonds. The highest BCUT2D eigenvalue weighted by Gasteiger charge is 2.46. The van der Waals surface area contributed by atoms with Gasteiger partial charge in [-0.2, -0.15) is 9.97 Å². The van der Waals surface area contributed by atoms with Crippen LogP contribution in [0.2, 0.25) is 0 Å². The van der Waals surface area contributed by atoms with E-state index in [-0.39, 0.29) is 52.1 Å². The fraction of sp³-hybridized carbons (Fsp3) is 0.576. The number of ether oxygens (including phenoxy) is 2. The standard InChI is InChI=1S/C33H39F3N6O3/c1-32(2,3)45-31(43)42-20-10-11-21(42)18-40(17-20)29-24-16-37-26(22-8-4-5-9-23(22)28(35)36)25(34)27(24)38-30(39-29)44-19-33-12-6-14-41(33)15-7-13-33/h4-5,8-9,16,20-21,28H,6-7,10-15,17-19H2,1-3H3. The van der Waals surface area contributed by atoms with Crippen LogP contribution in [0.1, 0.15) is 71.3 Å². The molecule has 2 bridgehead atoms. The van der Waals surface area contributed by atoms with E-state index < -0.39 is 17.8 Å². The molecule has 0 radical (unpaired) electrons. The number of pyridine rings is 1. The number of nitrogens with zero attached hydrogens (tertiary/aromatic N) is 6. The summed E-state index contributed by atoms with van der Waals surface area (Å²) in [5.41, 5.74) is -1.19. The minimum absolute atomic E-state index is 0.0185. The summed E-state index contributed by atoms with van der Waals surface area (Å²) in [6.07, 6.45) is 4.21. The smallest absolute Gasteiger partial charge is 0.410 e. The topological polar surface area (TPSA) is 83.9 Å². The summed E-state index contributed by atoms with van der Waals surface area (Å²) in [5.74, 6) is -0.339. The minimum Gasteiger partial charge on any atom is -0.461 e. The van der Waals surface area contributed by atoms with Crippen molar-refractivity contribution in [1.82, 2.24) is 24.8 Å². The van der Waals surface area contributed by atoms with Gasteiger partial charge in [0, 0.05) is 30.4 Å². The lowest BCUT2D eigenvalue weighted by Crippen LogP contribution is -2.57. The summed E-state index contributed by atoms with van der Waals surface area (Å²) in [6.45, 7) is 8.95. The van der Waals surface area contributed by atoms with Gasteiger partial charge in [0.2, 0.25) is 0 Å². The summed E-state index contributed by atoms with van der Waals surface area (Å²) >= 11 is 0. The van der Waals surface area contributed by atoms with Crippen molar-refractivity contribution in [1.29, 1.82) is 0 Å². The Kier molecular flexibility index (Phi) is 7.53. The molecule has 9 nitrogen and oxygen atoms in total. The van der Waals surface area contributed by atoms with Crippen molar-refractivity contribution in [2.75, 3.05) is 37.7 Å². The van der Waals surface area contributed by atoms with Crippen molar-refractivity contribution in [3.8, 4) is 17.3 Å². The van der Waals surface area contributed by atoms with E-state index in [1.807, 2.05) is 30.6 Å². The molecule has 7 rings (SSSR count). The van der Waals surface area contributed by atoms with E-state index in [0.717, 1.165) is 51.6 Å². The summed E-state index contributed by atoms with van der Waals surface area (Å²) in [7, 11) is 0. The molecule has 2 aromatic heterocycles. The van der Waals surface area contributed by atoms with Crippen molar-refractivity contribution >= 4 is 22.8 Å². The molecular formula is C33H39F3N6O3. The molecule has 4 aliphatic rings. The molecule has 0 aliphatic carbocycles. The van der Waals surface area contributed by atoms with Crippen LogP contribution in [-0.2, 0) is 4.74 Å². The number of rotatable bonds is 6. The maximum absolute atomic E-state index is 16.4. The van der Waals surface area contributed by atoms with Crippen LogP contribution in [0.3, 0.4) is 0 Å². The van der Waals surface area contributed by atoms with E-state index >= 15 is 4.39 Å². The fourth-order valence-corrected chi connectivity index (χ4v) is 7.77. The van der Waals surface area contributed by atoms with Gasteiger partial charge in [0.05, 0.1) is 23.0 Å². The van der Waals surface area contributed by atoms with Gasteiger partial charge in [0.25, 0.3) is 6.43 Å². The first-order chi connectivity index (χ1) is 21.5. The number of halogens is 3. The van der Waals surface area contributed by atoms with Crippen molar-refractivity contribution in [2.45, 2.75) is 88.9 Å². The van der Waals surface area contributed by atoms with E-state index in [9.17, 15) is 13.6 Å². The van der Waals surface area contributed by atoms with Gasteiger partial charge in [-0.15, -0.1) is 0 Å². The van der Waals surface area contributed by atoms with Gasteiger partial charge in [-0.3, -0.25) is 14.8 Å². The van der Waals surface area contributed by atoms with Crippen molar-refractivity contribution in [3.05, 3.63) is 41.8 Å². The average molecular weight is 625 g/mol. The Morgan fingerprint density at radius 2 is 1.76 bits per heavy atom. The number of fused-ring (bicyclic) bond motifs is 4. The fourth-order valence-electron chi connectivity index (χ4n) is 7.77. The second-order valence-electron chi connectivity index (χ2n) is 13.8. The molecule has 240 valence electrons. The van der Waals surface area contributed by atoms with Gasteiger partial charge in [-0.1, -0.05) is 24.3 Å². The normalized spacial score (nSPS) is 22.8. The number of carbonyl (C=O) groups excluding carboxylic acids is 1. The van der Waals surface area contributed by atoms with Gasteiger partial charge in [-0.25, -0.2) is 18.0 Å². The number of benzene rings is 1. The zero-order valence-electron chi connectivity index (χ0n) is 25.9. The lowest BCUT2D eigenvalue weighted by atomic mass is 9.95.